The molecule has 2 aromatic rings. The van der Waals surface area contributed by atoms with E-state index in [9.17, 15) is 0 Å². The van der Waals surface area contributed by atoms with Crippen LogP contribution in [0.2, 0.25) is 5.15 Å². The molecule has 0 aliphatic rings. The number of hydrogen-bond acceptors (Lipinski definition) is 2. The van der Waals surface area contributed by atoms with Crippen molar-refractivity contribution in [3.63, 3.8) is 0 Å². The lowest BCUT2D eigenvalue weighted by atomic mass is 10.2. The molecule has 3 N–H and O–H groups in total. The van der Waals surface area contributed by atoms with E-state index in [1.54, 1.807) is 0 Å². The molecular weight excluding hydrogens is 198 g/mol. The Bertz CT molecular complexity index is 422. The van der Waals surface area contributed by atoms with Gasteiger partial charge in [-0.1, -0.05) is 41.9 Å². The number of nitrogens with two attached hydrogens (primary N) is 1. The van der Waals surface area contributed by atoms with E-state index in [2.05, 4.69) is 9.97 Å². The van der Waals surface area contributed by atoms with Gasteiger partial charge in [0.05, 0.1) is 5.69 Å². The van der Waals surface area contributed by atoms with Gasteiger partial charge in [0, 0.05) is 12.1 Å². The summed E-state index contributed by atoms with van der Waals surface area (Å²) >= 11 is 5.87. The molecule has 1 aromatic heterocycles. The van der Waals surface area contributed by atoms with Crippen LogP contribution in [-0.4, -0.2) is 9.97 Å². The van der Waals surface area contributed by atoms with Crippen LogP contribution in [0.5, 0.6) is 0 Å². The lowest BCUT2D eigenvalue weighted by Crippen LogP contribution is -1.96. The fourth-order valence-corrected chi connectivity index (χ4v) is 1.46. The van der Waals surface area contributed by atoms with Crippen LogP contribution < -0.4 is 5.73 Å². The van der Waals surface area contributed by atoms with Gasteiger partial charge >= 0.3 is 0 Å². The van der Waals surface area contributed by atoms with E-state index >= 15 is 0 Å². The molecule has 2 rings (SSSR count). The van der Waals surface area contributed by atoms with Crippen LogP contribution in [-0.2, 0) is 6.54 Å². The lowest BCUT2D eigenvalue weighted by molar-refractivity contribution is 1.01. The molecule has 1 aromatic carbocycles. The van der Waals surface area contributed by atoms with E-state index in [1.165, 1.54) is 0 Å². The second-order valence-electron chi connectivity index (χ2n) is 2.92. The molecule has 0 unspecified atom stereocenters. The van der Waals surface area contributed by atoms with Gasteiger partial charge in [-0.2, -0.15) is 0 Å². The van der Waals surface area contributed by atoms with Crippen molar-refractivity contribution in [2.24, 2.45) is 5.73 Å². The van der Waals surface area contributed by atoms with Crippen molar-refractivity contribution in [2.75, 3.05) is 0 Å². The molecule has 0 saturated heterocycles. The fraction of sp³-hybridized carbons (Fsp3) is 0.100. The van der Waals surface area contributed by atoms with E-state index in [0.29, 0.717) is 11.7 Å². The summed E-state index contributed by atoms with van der Waals surface area (Å²) in [6.07, 6.45) is 0. The molecule has 0 aliphatic heterocycles. The summed E-state index contributed by atoms with van der Waals surface area (Å²) in [5.41, 5.74) is 7.26. The minimum absolute atomic E-state index is 0.374. The zero-order valence-corrected chi connectivity index (χ0v) is 8.25. The molecule has 0 atom stereocenters. The zero-order chi connectivity index (χ0) is 9.97. The molecule has 0 saturated carbocycles. The second-order valence-corrected chi connectivity index (χ2v) is 3.28. The highest BCUT2D eigenvalue weighted by atomic mass is 35.5. The summed E-state index contributed by atoms with van der Waals surface area (Å²) in [7, 11) is 0. The van der Waals surface area contributed by atoms with Crippen molar-refractivity contribution in [2.45, 2.75) is 6.54 Å². The summed E-state index contributed by atoms with van der Waals surface area (Å²) in [5, 5.41) is 0.450. The minimum atomic E-state index is 0.374. The summed E-state index contributed by atoms with van der Waals surface area (Å²) in [4.78, 5) is 7.26. The van der Waals surface area contributed by atoms with E-state index in [-0.39, 0.29) is 0 Å². The maximum atomic E-state index is 5.87. The Kier molecular flexibility index (Phi) is 2.52. The number of nitrogens with one attached hydrogen (secondary N) is 1. The van der Waals surface area contributed by atoms with Crippen LogP contribution in [0.1, 0.15) is 5.69 Å². The number of aromatic amines is 1. The fourth-order valence-electron chi connectivity index (χ4n) is 1.26. The molecule has 1 heterocycles. The Morgan fingerprint density at radius 2 is 2.00 bits per heavy atom. The van der Waals surface area contributed by atoms with Crippen LogP contribution in [0, 0.1) is 0 Å². The number of halogens is 1. The first-order chi connectivity index (χ1) is 6.81. The van der Waals surface area contributed by atoms with Gasteiger partial charge in [0.2, 0.25) is 0 Å². The van der Waals surface area contributed by atoms with E-state index < -0.39 is 0 Å². The molecule has 0 bridgehead atoms. The van der Waals surface area contributed by atoms with Crippen molar-refractivity contribution in [3.05, 3.63) is 41.2 Å². The maximum absolute atomic E-state index is 5.87. The first-order valence-electron chi connectivity index (χ1n) is 4.31. The van der Waals surface area contributed by atoms with Gasteiger partial charge in [-0.3, -0.25) is 0 Å². The standard InChI is InChI=1S/C10H10ClN3/c11-9-8(6-12)13-10(14-9)7-4-2-1-3-5-7/h1-5H,6,12H2,(H,13,14). The van der Waals surface area contributed by atoms with E-state index in [0.717, 1.165) is 17.1 Å². The molecular formula is C10H10ClN3. The summed E-state index contributed by atoms with van der Waals surface area (Å²) in [6.45, 7) is 0.374. The SMILES string of the molecule is NCc1[nH]c(-c2ccccc2)nc1Cl. The van der Waals surface area contributed by atoms with Crippen LogP contribution >= 0.6 is 11.6 Å². The number of rotatable bonds is 2. The van der Waals surface area contributed by atoms with Gasteiger partial charge in [0.15, 0.2) is 5.15 Å². The minimum Gasteiger partial charge on any atom is -0.339 e. The number of aromatic nitrogens is 2. The number of H-pyrrole nitrogens is 1. The molecule has 0 fully saturated rings. The summed E-state index contributed by atoms with van der Waals surface area (Å²) in [5.74, 6) is 0.760. The Morgan fingerprint density at radius 3 is 2.57 bits per heavy atom. The zero-order valence-electron chi connectivity index (χ0n) is 7.50. The third kappa shape index (κ3) is 1.64. The molecule has 14 heavy (non-hydrogen) atoms. The van der Waals surface area contributed by atoms with Crippen molar-refractivity contribution < 1.29 is 0 Å². The van der Waals surface area contributed by atoms with Crippen molar-refractivity contribution in [3.8, 4) is 11.4 Å². The molecule has 4 heteroatoms. The molecule has 3 nitrogen and oxygen atoms in total. The van der Waals surface area contributed by atoms with Gasteiger partial charge in [-0.25, -0.2) is 4.98 Å². The molecule has 0 spiro atoms. The predicted molar refractivity (Wildman–Crippen MR) is 56.9 cm³/mol. The van der Waals surface area contributed by atoms with Crippen molar-refractivity contribution >= 4 is 11.6 Å². The van der Waals surface area contributed by atoms with Gasteiger partial charge < -0.3 is 10.7 Å². The number of hydrogen-bond donors (Lipinski definition) is 2. The Balaban J connectivity index is 2.43. The average Bonchev–Trinajstić information content (AvgIpc) is 2.61. The largest absolute Gasteiger partial charge is 0.339 e. The Hall–Kier alpha value is -1.32. The molecule has 0 aliphatic carbocycles. The highest BCUT2D eigenvalue weighted by Gasteiger charge is 2.07. The Morgan fingerprint density at radius 1 is 1.29 bits per heavy atom. The van der Waals surface area contributed by atoms with E-state index in [4.69, 9.17) is 17.3 Å². The molecule has 0 radical (unpaired) electrons. The third-order valence-electron chi connectivity index (χ3n) is 1.98. The topological polar surface area (TPSA) is 54.7 Å². The lowest BCUT2D eigenvalue weighted by Gasteiger charge is -1.94. The van der Waals surface area contributed by atoms with Crippen LogP contribution in [0.15, 0.2) is 30.3 Å². The smallest absolute Gasteiger partial charge is 0.152 e. The van der Waals surface area contributed by atoms with Crippen LogP contribution in [0.3, 0.4) is 0 Å². The third-order valence-corrected chi connectivity index (χ3v) is 2.29. The Labute approximate surface area is 86.9 Å². The normalized spacial score (nSPS) is 10.4. The van der Waals surface area contributed by atoms with Gasteiger partial charge in [0.1, 0.15) is 5.82 Å². The van der Waals surface area contributed by atoms with Crippen molar-refractivity contribution in [1.29, 1.82) is 0 Å². The van der Waals surface area contributed by atoms with Gasteiger partial charge in [-0.15, -0.1) is 0 Å². The monoisotopic (exact) mass is 207 g/mol. The first-order valence-corrected chi connectivity index (χ1v) is 4.69. The molecule has 0 amide bonds. The van der Waals surface area contributed by atoms with Gasteiger partial charge in [0.25, 0.3) is 0 Å². The number of nitrogens with zero attached hydrogens (tertiary/aromatic N) is 1. The summed E-state index contributed by atoms with van der Waals surface area (Å²) < 4.78 is 0. The first kappa shape index (κ1) is 9.24. The maximum Gasteiger partial charge on any atom is 0.152 e. The highest BCUT2D eigenvalue weighted by molar-refractivity contribution is 6.30. The van der Waals surface area contributed by atoms with Crippen LogP contribution in [0.25, 0.3) is 11.4 Å². The quantitative estimate of drug-likeness (QED) is 0.793. The number of benzene rings is 1. The van der Waals surface area contributed by atoms with Crippen molar-refractivity contribution in [1.82, 2.24) is 9.97 Å². The summed E-state index contributed by atoms with van der Waals surface area (Å²) in [6, 6.07) is 9.80. The van der Waals surface area contributed by atoms with Crippen LogP contribution in [0.4, 0.5) is 0 Å². The predicted octanol–water partition coefficient (Wildman–Crippen LogP) is 2.19. The van der Waals surface area contributed by atoms with Gasteiger partial charge in [-0.05, 0) is 0 Å². The number of imidazole rings is 1. The highest BCUT2D eigenvalue weighted by Crippen LogP contribution is 2.20. The second kappa shape index (κ2) is 3.82. The molecule has 72 valence electrons. The van der Waals surface area contributed by atoms with E-state index in [1.807, 2.05) is 30.3 Å². The average molecular weight is 208 g/mol.